The van der Waals surface area contributed by atoms with Crippen LogP contribution in [0, 0.1) is 0 Å². The van der Waals surface area contributed by atoms with Crippen LogP contribution in [-0.4, -0.2) is 31.5 Å². The number of anilines is 1. The Morgan fingerprint density at radius 1 is 1.43 bits per heavy atom. The molecule has 1 aliphatic heterocycles. The Morgan fingerprint density at radius 3 is 2.95 bits per heavy atom. The van der Waals surface area contributed by atoms with Crippen molar-refractivity contribution in [1.82, 2.24) is 5.32 Å². The van der Waals surface area contributed by atoms with Crippen LogP contribution in [0.4, 0.5) is 5.00 Å². The summed E-state index contributed by atoms with van der Waals surface area (Å²) in [6.07, 6.45) is 2.78. The van der Waals surface area contributed by atoms with Gasteiger partial charge < -0.3 is 21.1 Å². The quantitative estimate of drug-likeness (QED) is 0.661. The number of nitrogens with two attached hydrogens (primary N) is 1. The highest BCUT2D eigenvalue weighted by Gasteiger charge is 2.25. The molecule has 1 aromatic heterocycles. The first-order chi connectivity index (χ1) is 10.1. The molecular weight excluding hydrogens is 290 g/mol. The van der Waals surface area contributed by atoms with Gasteiger partial charge in [0.2, 0.25) is 5.91 Å². The molecular formula is C14H21N3O3S. The Balaban J connectivity index is 2.04. The van der Waals surface area contributed by atoms with E-state index in [-0.39, 0.29) is 12.5 Å². The number of rotatable bonds is 7. The van der Waals surface area contributed by atoms with Gasteiger partial charge in [0.25, 0.3) is 5.91 Å². The second kappa shape index (κ2) is 7.53. The summed E-state index contributed by atoms with van der Waals surface area (Å²) < 4.78 is 5.37. The highest BCUT2D eigenvalue weighted by molar-refractivity contribution is 7.17. The minimum absolute atomic E-state index is 0.159. The van der Waals surface area contributed by atoms with Crippen molar-refractivity contribution in [1.29, 1.82) is 0 Å². The average Bonchev–Trinajstić information content (AvgIpc) is 2.81. The fourth-order valence-electron chi connectivity index (χ4n) is 2.26. The summed E-state index contributed by atoms with van der Waals surface area (Å²) in [5.41, 5.74) is 6.83. The molecule has 116 valence electrons. The first kappa shape index (κ1) is 15.9. The van der Waals surface area contributed by atoms with Crippen LogP contribution < -0.4 is 16.4 Å². The van der Waals surface area contributed by atoms with Crippen molar-refractivity contribution in [2.24, 2.45) is 5.73 Å². The minimum atomic E-state index is -0.497. The Kier molecular flexibility index (Phi) is 5.72. The normalized spacial score (nSPS) is 13.8. The van der Waals surface area contributed by atoms with Crippen LogP contribution in [0.5, 0.6) is 0 Å². The molecule has 0 radical (unpaired) electrons. The number of hydrogen-bond acceptors (Lipinski definition) is 5. The lowest BCUT2D eigenvalue weighted by Gasteiger charge is -2.12. The third-order valence-corrected chi connectivity index (χ3v) is 4.43. The van der Waals surface area contributed by atoms with Gasteiger partial charge in [0, 0.05) is 4.88 Å². The molecule has 0 unspecified atom stereocenters. The van der Waals surface area contributed by atoms with Gasteiger partial charge in [-0.3, -0.25) is 9.59 Å². The highest BCUT2D eigenvalue weighted by Crippen LogP contribution is 2.36. The monoisotopic (exact) mass is 311 g/mol. The van der Waals surface area contributed by atoms with Gasteiger partial charge in [-0.05, 0) is 24.9 Å². The molecule has 1 aliphatic rings. The first-order valence-corrected chi connectivity index (χ1v) is 7.97. The van der Waals surface area contributed by atoms with Crippen LogP contribution in [0.1, 0.15) is 40.6 Å². The summed E-state index contributed by atoms with van der Waals surface area (Å²) >= 11 is 1.38. The van der Waals surface area contributed by atoms with Crippen molar-refractivity contribution < 1.29 is 14.3 Å². The number of amides is 2. The van der Waals surface area contributed by atoms with Gasteiger partial charge in [0.1, 0.15) is 5.00 Å². The number of ether oxygens (including phenoxy) is 1. The lowest BCUT2D eigenvalue weighted by atomic mass is 10.1. The maximum absolute atomic E-state index is 11.9. The van der Waals surface area contributed by atoms with E-state index in [0.29, 0.717) is 30.2 Å². The van der Waals surface area contributed by atoms with Crippen LogP contribution in [-0.2, 0) is 22.6 Å². The average molecular weight is 311 g/mol. The largest absolute Gasteiger partial charge is 0.376 e. The van der Waals surface area contributed by atoms with E-state index in [1.54, 1.807) is 0 Å². The summed E-state index contributed by atoms with van der Waals surface area (Å²) in [6, 6.07) is 0. The number of thiophene rings is 1. The molecule has 21 heavy (non-hydrogen) atoms. The molecule has 2 amide bonds. The lowest BCUT2D eigenvalue weighted by Crippen LogP contribution is -2.29. The number of fused-ring (bicyclic) bond motifs is 1. The van der Waals surface area contributed by atoms with E-state index < -0.39 is 5.91 Å². The Bertz CT molecular complexity index is 528. The van der Waals surface area contributed by atoms with Gasteiger partial charge in [-0.15, -0.1) is 11.3 Å². The molecule has 0 aromatic carbocycles. The Hall–Kier alpha value is -1.44. The minimum Gasteiger partial charge on any atom is -0.376 e. The van der Waals surface area contributed by atoms with Crippen molar-refractivity contribution in [3.63, 3.8) is 0 Å². The summed E-state index contributed by atoms with van der Waals surface area (Å²) in [4.78, 5) is 24.5. The number of unbranched alkanes of at least 4 members (excludes halogenated alkanes) is 1. The molecule has 6 nitrogen and oxygen atoms in total. The number of nitrogens with one attached hydrogen (secondary N) is 2. The third-order valence-electron chi connectivity index (χ3n) is 3.31. The van der Waals surface area contributed by atoms with Crippen molar-refractivity contribution in [3.8, 4) is 0 Å². The molecule has 0 saturated heterocycles. The van der Waals surface area contributed by atoms with Crippen molar-refractivity contribution >= 4 is 28.2 Å². The fourth-order valence-corrected chi connectivity index (χ4v) is 3.46. The van der Waals surface area contributed by atoms with Gasteiger partial charge in [-0.25, -0.2) is 0 Å². The molecule has 0 fully saturated rings. The van der Waals surface area contributed by atoms with E-state index in [1.165, 1.54) is 11.3 Å². The van der Waals surface area contributed by atoms with E-state index in [1.807, 2.05) is 0 Å². The van der Waals surface area contributed by atoms with Crippen LogP contribution >= 0.6 is 11.3 Å². The van der Waals surface area contributed by atoms with Gasteiger partial charge in [0.05, 0.1) is 25.3 Å². The molecule has 7 heteroatoms. The van der Waals surface area contributed by atoms with E-state index in [4.69, 9.17) is 10.5 Å². The maximum Gasteiger partial charge on any atom is 0.251 e. The zero-order valence-corrected chi connectivity index (χ0v) is 13.0. The van der Waals surface area contributed by atoms with Gasteiger partial charge in [0.15, 0.2) is 0 Å². The van der Waals surface area contributed by atoms with Crippen LogP contribution in [0.15, 0.2) is 0 Å². The first-order valence-electron chi connectivity index (χ1n) is 7.16. The molecule has 0 saturated carbocycles. The molecule has 2 heterocycles. The predicted octanol–water partition coefficient (Wildman–Crippen LogP) is 1.25. The molecule has 0 atom stereocenters. The molecule has 0 bridgehead atoms. The zero-order valence-electron chi connectivity index (χ0n) is 12.2. The fraction of sp³-hybridized carbons (Fsp3) is 0.571. The van der Waals surface area contributed by atoms with Crippen LogP contribution in [0.3, 0.4) is 0 Å². The number of hydrogen-bond donors (Lipinski definition) is 3. The van der Waals surface area contributed by atoms with Crippen LogP contribution in [0.2, 0.25) is 0 Å². The Labute approximate surface area is 128 Å². The SMILES string of the molecule is CCCCNCC(=O)Nc1sc2c(c1C(N)=O)CCOC2. The molecule has 4 N–H and O–H groups in total. The summed E-state index contributed by atoms with van der Waals surface area (Å²) in [5, 5.41) is 6.40. The zero-order chi connectivity index (χ0) is 15.2. The number of carbonyl (C=O) groups is 2. The van der Waals surface area contributed by atoms with Crippen molar-refractivity contribution in [3.05, 3.63) is 16.0 Å². The van der Waals surface area contributed by atoms with E-state index in [2.05, 4.69) is 17.6 Å². The molecule has 2 rings (SSSR count). The van der Waals surface area contributed by atoms with Crippen molar-refractivity contribution in [2.75, 3.05) is 25.0 Å². The topological polar surface area (TPSA) is 93.5 Å². The van der Waals surface area contributed by atoms with E-state index in [0.717, 1.165) is 29.8 Å². The predicted molar refractivity (Wildman–Crippen MR) is 82.6 cm³/mol. The smallest absolute Gasteiger partial charge is 0.251 e. The van der Waals surface area contributed by atoms with E-state index >= 15 is 0 Å². The number of primary amides is 1. The molecule has 0 spiro atoms. The molecule has 0 aliphatic carbocycles. The summed E-state index contributed by atoms with van der Waals surface area (Å²) in [6.45, 7) is 4.19. The third kappa shape index (κ3) is 4.03. The van der Waals surface area contributed by atoms with Gasteiger partial charge >= 0.3 is 0 Å². The second-order valence-electron chi connectivity index (χ2n) is 4.95. The summed E-state index contributed by atoms with van der Waals surface area (Å²) in [5.74, 6) is -0.656. The van der Waals surface area contributed by atoms with Crippen molar-refractivity contribution in [2.45, 2.75) is 32.8 Å². The van der Waals surface area contributed by atoms with Gasteiger partial charge in [-0.1, -0.05) is 13.3 Å². The lowest BCUT2D eigenvalue weighted by molar-refractivity contribution is -0.115. The molecule has 1 aromatic rings. The second-order valence-corrected chi connectivity index (χ2v) is 6.06. The number of carbonyl (C=O) groups excluding carboxylic acids is 2. The summed E-state index contributed by atoms with van der Waals surface area (Å²) in [7, 11) is 0. The van der Waals surface area contributed by atoms with Gasteiger partial charge in [-0.2, -0.15) is 0 Å². The van der Waals surface area contributed by atoms with Crippen LogP contribution in [0.25, 0.3) is 0 Å². The Morgan fingerprint density at radius 2 is 2.24 bits per heavy atom. The standard InChI is InChI=1S/C14H21N3O3S/c1-2-3-5-16-7-11(18)17-14-12(13(15)19)9-4-6-20-8-10(9)21-14/h16H,2-8H2,1H3,(H2,15,19)(H,17,18). The highest BCUT2D eigenvalue weighted by atomic mass is 32.1. The van der Waals surface area contributed by atoms with E-state index in [9.17, 15) is 9.59 Å². The maximum atomic E-state index is 11.9.